The van der Waals surface area contributed by atoms with Gasteiger partial charge >= 0.3 is 53.7 Å². The van der Waals surface area contributed by atoms with Gasteiger partial charge < -0.3 is 132 Å². The second-order valence-electron chi connectivity index (χ2n) is 32.0. The minimum absolute atomic E-state index is 0.0411. The van der Waals surface area contributed by atoms with Crippen molar-refractivity contribution in [2.45, 2.75) is 316 Å². The maximum Gasteiger partial charge on any atom is 0.303 e. The minimum atomic E-state index is -1.51. The molecule has 0 aromatic heterocycles. The molecule has 15 unspecified atom stereocenters. The van der Waals surface area contributed by atoms with Gasteiger partial charge in [0.25, 0.3) is 0 Å². The lowest BCUT2D eigenvalue weighted by Crippen LogP contribution is -2.66. The summed E-state index contributed by atoms with van der Waals surface area (Å²) in [7, 11) is 0. The Bertz CT molecular complexity index is 3310. The summed E-state index contributed by atoms with van der Waals surface area (Å²) in [6.07, 6.45) is -7.25. The fourth-order valence-corrected chi connectivity index (χ4v) is 14.5. The molecule has 129 heavy (non-hydrogen) atoms. The number of amides is 8. The number of likely N-dealkylation sites (tertiary alicyclic amines) is 1. The van der Waals surface area contributed by atoms with Gasteiger partial charge in [0.2, 0.25) is 47.3 Å². The highest BCUT2D eigenvalue weighted by Crippen LogP contribution is 2.33. The van der Waals surface area contributed by atoms with Crippen LogP contribution in [0.4, 0.5) is 0 Å². The lowest BCUT2D eigenvalue weighted by molar-refractivity contribution is -0.277. The van der Waals surface area contributed by atoms with Gasteiger partial charge in [-0.15, -0.1) is 0 Å². The predicted octanol–water partition coefficient (Wildman–Crippen LogP) is 1.11. The van der Waals surface area contributed by atoms with Crippen LogP contribution in [0.1, 0.15) is 218 Å². The molecule has 8 amide bonds. The Labute approximate surface area is 751 Å². The maximum absolute atomic E-state index is 14.6. The highest BCUT2D eigenvalue weighted by Gasteiger charge is 2.55. The lowest BCUT2D eigenvalue weighted by atomic mass is 9.93. The van der Waals surface area contributed by atoms with Gasteiger partial charge in [0.05, 0.1) is 39.6 Å². The molecule has 0 bridgehead atoms. The molecule has 44 heteroatoms. The Hall–Kier alpha value is -9.70. The van der Waals surface area contributed by atoms with Crippen LogP contribution in [0.15, 0.2) is 0 Å². The van der Waals surface area contributed by atoms with E-state index in [4.69, 9.17) is 85.3 Å². The third-order valence-electron chi connectivity index (χ3n) is 20.3. The molecule has 732 valence electrons. The van der Waals surface area contributed by atoms with Crippen LogP contribution >= 0.6 is 0 Å². The van der Waals surface area contributed by atoms with E-state index in [1.54, 1.807) is 4.90 Å². The Morgan fingerprint density at radius 2 is 0.612 bits per heavy atom. The van der Waals surface area contributed by atoms with Crippen LogP contribution in [0.2, 0.25) is 0 Å². The van der Waals surface area contributed by atoms with Crippen LogP contribution in [-0.2, 0) is 172 Å². The summed E-state index contributed by atoms with van der Waals surface area (Å²) in [5.74, 6) is -10.4. The molecule has 0 aliphatic carbocycles. The van der Waals surface area contributed by atoms with Crippen LogP contribution in [-0.4, -0.2) is 321 Å². The molecule has 7 N–H and O–H groups in total. The van der Waals surface area contributed by atoms with E-state index in [2.05, 4.69) is 37.2 Å². The summed E-state index contributed by atoms with van der Waals surface area (Å²) in [6, 6.07) is -3.42. The highest BCUT2D eigenvalue weighted by atomic mass is 16.7. The number of carbonyl (C=O) groups is 18. The van der Waals surface area contributed by atoms with E-state index in [1.807, 2.05) is 0 Å². The second-order valence-corrected chi connectivity index (χ2v) is 32.0. The molecule has 0 saturated carbocycles. The van der Waals surface area contributed by atoms with E-state index >= 15 is 0 Å². The first-order valence-electron chi connectivity index (χ1n) is 44.0. The molecule has 0 radical (unpaired) electrons. The minimum Gasteiger partial charge on any atom is -0.463 e. The fraction of sp³-hybridized carbons (Fsp3) is 0.788. The molecule has 4 heterocycles. The van der Waals surface area contributed by atoms with E-state index < -0.39 is 201 Å². The number of rotatable bonds is 60. The van der Waals surface area contributed by atoms with E-state index in [1.165, 1.54) is 48.5 Å². The van der Waals surface area contributed by atoms with Gasteiger partial charge in [-0.25, -0.2) is 0 Å². The highest BCUT2D eigenvalue weighted by molar-refractivity contribution is 5.82. The van der Waals surface area contributed by atoms with Crippen molar-refractivity contribution in [1.29, 1.82) is 0 Å². The molecule has 44 nitrogen and oxygen atoms in total. The number of nitrogens with zero attached hydrogens (tertiary/aromatic N) is 1. The SMILES string of the molecule is CC(=O)CCCC(=O)N1CCC(C(=O)NC(COCCC(=O)NCCCCCCOC2OC(COC(C)=O)C(OC(C)=O)C(OC(C)=O)C2NC(C)=O)(COCCC(=O)NCCCCCCOC2OC(COC(C)=O)C(OC(C)=O)C(OC(C)=O)C2NC(C)=O)COCCC(=O)NCCCCCCOC2OC(COC(C)=O)C(OC(C)=O)C(OC(C)=O)C2NC(C)=O)CC1. The number of hydrogen-bond acceptors (Lipinski definition) is 36. The predicted molar refractivity (Wildman–Crippen MR) is 445 cm³/mol. The molecule has 0 aromatic carbocycles. The molecular weight excluding hydrogens is 1710 g/mol. The molecule has 4 aliphatic heterocycles. The van der Waals surface area contributed by atoms with E-state index in [0.29, 0.717) is 83.5 Å². The Balaban J connectivity index is 1.43. The van der Waals surface area contributed by atoms with Crippen LogP contribution < -0.4 is 37.2 Å². The number of ketones is 1. The Kier molecular flexibility index (Phi) is 52.8. The molecule has 4 saturated heterocycles. The number of carbonyl (C=O) groups excluding carboxylic acids is 18. The quantitative estimate of drug-likeness (QED) is 0.0255. The third kappa shape index (κ3) is 45.6. The molecule has 4 fully saturated rings. The number of ether oxygens (including phenoxy) is 18. The van der Waals surface area contributed by atoms with Gasteiger partial charge in [0.1, 0.15) is 67.6 Å². The average Bonchev–Trinajstić information content (AvgIpc) is 0.793. The molecule has 15 atom stereocenters. The Morgan fingerprint density at radius 1 is 0.326 bits per heavy atom. The summed E-state index contributed by atoms with van der Waals surface area (Å²) in [6.45, 7) is 14.4. The van der Waals surface area contributed by atoms with Gasteiger partial charge in [-0.3, -0.25) is 81.5 Å². The van der Waals surface area contributed by atoms with E-state index in [0.717, 1.165) is 41.5 Å². The van der Waals surface area contributed by atoms with Crippen LogP contribution in [0.3, 0.4) is 0 Å². The molecule has 4 aliphatic rings. The number of esters is 9. The lowest BCUT2D eigenvalue weighted by Gasteiger charge is -2.44. The maximum atomic E-state index is 14.6. The van der Waals surface area contributed by atoms with E-state index in [9.17, 15) is 86.3 Å². The van der Waals surface area contributed by atoms with Crippen molar-refractivity contribution in [2.24, 2.45) is 5.92 Å². The van der Waals surface area contributed by atoms with Gasteiger partial charge in [-0.05, 0) is 64.7 Å². The Morgan fingerprint density at radius 3 is 0.884 bits per heavy atom. The second kappa shape index (κ2) is 61.0. The van der Waals surface area contributed by atoms with Gasteiger partial charge in [-0.1, -0.05) is 38.5 Å². The van der Waals surface area contributed by atoms with Crippen molar-refractivity contribution < 1.29 is 172 Å². The van der Waals surface area contributed by atoms with Gasteiger partial charge in [0, 0.05) is 174 Å². The summed E-state index contributed by atoms with van der Waals surface area (Å²) >= 11 is 0. The molecule has 4 rings (SSSR count). The summed E-state index contributed by atoms with van der Waals surface area (Å²) in [5.41, 5.74) is -1.51. The van der Waals surface area contributed by atoms with Crippen LogP contribution in [0.25, 0.3) is 0 Å². The average molecular weight is 1850 g/mol. The fourth-order valence-electron chi connectivity index (χ4n) is 14.5. The number of nitrogens with one attached hydrogen (secondary N) is 7. The first-order valence-corrected chi connectivity index (χ1v) is 44.0. The van der Waals surface area contributed by atoms with Crippen molar-refractivity contribution in [3.05, 3.63) is 0 Å². The van der Waals surface area contributed by atoms with Crippen molar-refractivity contribution in [3.8, 4) is 0 Å². The largest absolute Gasteiger partial charge is 0.463 e. The number of Topliss-reactive ketones (excluding diaryl/α,β-unsaturated/α-hetero) is 1. The third-order valence-corrected chi connectivity index (χ3v) is 20.3. The molecule has 0 aromatic rings. The van der Waals surface area contributed by atoms with Crippen LogP contribution in [0.5, 0.6) is 0 Å². The first-order chi connectivity index (χ1) is 61.3. The molecule has 0 spiro atoms. The number of unbranched alkanes of at least 4 members (excludes halogenated alkanes) is 9. The van der Waals surface area contributed by atoms with Crippen molar-refractivity contribution in [3.63, 3.8) is 0 Å². The topological polar surface area (TPSA) is 561 Å². The standard InChI is InChI=1S/C85H136N8O36/c1-51(94)27-26-28-71(110)93-37-29-64(30-38-93)81(111)92-85(48-112-42-31-68(107)86-34-20-14-17-23-39-115-82-72(89-52(2)95)78(124-61(11)104)75(121-58(8)101)65(127-82)45-118-55(5)98,49-113-43-32-69(108)87-35-21-15-18-24-40-116-83-73(90-53(3)96)79(125-62(12)105)76(122-59(9)102)66(128-83)46-119-56(6)99)50-114-44-33-70(109)88-36-22-16-19-25-41-117-84-74(91-54(4)97)80(126-63(13)106)77(123-60(10)103)67(129-84)47-120-57(7)100/h64-67,72-80,82-84H,14-50H2,1-13H3,(H,86,107)(H,87,108)(H,88,109)(H,89,95)(H,90,96)(H,91,97)(H,92,111). The van der Waals surface area contributed by atoms with Gasteiger partial charge in [-0.2, -0.15) is 0 Å². The zero-order valence-corrected chi connectivity index (χ0v) is 76.5. The van der Waals surface area contributed by atoms with Crippen molar-refractivity contribution >= 4 is 107 Å². The van der Waals surface area contributed by atoms with Crippen molar-refractivity contribution in [1.82, 2.24) is 42.1 Å². The zero-order chi connectivity index (χ0) is 95.5. The number of piperidine rings is 1. The summed E-state index contributed by atoms with van der Waals surface area (Å²) in [5, 5.41) is 19.7. The summed E-state index contributed by atoms with van der Waals surface area (Å²) in [4.78, 5) is 227. The molecular formula is C85H136N8O36. The zero-order valence-electron chi connectivity index (χ0n) is 76.5. The normalized spacial score (nSPS) is 23.0. The van der Waals surface area contributed by atoms with E-state index in [-0.39, 0.29) is 167 Å². The van der Waals surface area contributed by atoms with Crippen LogP contribution in [0, 0.1) is 5.92 Å². The van der Waals surface area contributed by atoms with Crippen molar-refractivity contribution in [2.75, 3.05) is 112 Å². The van der Waals surface area contributed by atoms with Gasteiger partial charge in [0.15, 0.2) is 55.5 Å². The first kappa shape index (κ1) is 112. The number of hydrogen-bond donors (Lipinski definition) is 7. The monoisotopic (exact) mass is 1840 g/mol. The summed E-state index contributed by atoms with van der Waals surface area (Å²) < 4.78 is 104. The smallest absolute Gasteiger partial charge is 0.303 e.